The van der Waals surface area contributed by atoms with Crippen LogP contribution in [0.15, 0.2) is 198 Å². The van der Waals surface area contributed by atoms with E-state index < -0.39 is 0 Å². The quantitative estimate of drug-likeness (QED) is 0.176. The lowest BCUT2D eigenvalue weighted by molar-refractivity contribution is 0.670. The molecular weight excluding hydrogens is 709 g/mol. The summed E-state index contributed by atoms with van der Waals surface area (Å²) < 4.78 is 62.2. The monoisotopic (exact) mass is 746 g/mol. The minimum absolute atomic E-state index is 0.0491. The highest BCUT2D eigenvalue weighted by molar-refractivity contribution is 6.12. The maximum Gasteiger partial charge on any atom is 0.164 e. The van der Waals surface area contributed by atoms with Crippen LogP contribution in [-0.2, 0) is 0 Å². The van der Waals surface area contributed by atoms with E-state index in [9.17, 15) is 2.74 Å². The lowest BCUT2D eigenvalue weighted by Gasteiger charge is -2.16. The van der Waals surface area contributed by atoms with Crippen molar-refractivity contribution in [2.24, 2.45) is 0 Å². The van der Waals surface area contributed by atoms with E-state index >= 15 is 0 Å². The Hall–Kier alpha value is -7.89. The lowest BCUT2D eigenvalue weighted by atomic mass is 9.97. The van der Waals surface area contributed by atoms with Gasteiger partial charge in [0.05, 0.1) is 24.9 Å². The number of benzene rings is 9. The summed E-state index contributed by atoms with van der Waals surface area (Å²) in [5.74, 6) is 1.40. The van der Waals surface area contributed by atoms with Crippen LogP contribution in [0.4, 0.5) is 0 Å². The van der Waals surface area contributed by atoms with Crippen molar-refractivity contribution in [1.82, 2.24) is 19.5 Å². The van der Waals surface area contributed by atoms with Crippen molar-refractivity contribution in [3.63, 3.8) is 0 Å². The Kier molecular flexibility index (Phi) is 5.94. The molecule has 0 aliphatic heterocycles. The highest BCUT2D eigenvalue weighted by atomic mass is 16.3. The zero-order chi connectivity index (χ0) is 43.4. The predicted octanol–water partition coefficient (Wildman–Crippen LogP) is 13.8. The highest BCUT2D eigenvalue weighted by Gasteiger charge is 2.21. The smallest absolute Gasteiger partial charge is 0.164 e. The first-order chi connectivity index (χ1) is 31.2. The summed E-state index contributed by atoms with van der Waals surface area (Å²) >= 11 is 0. The van der Waals surface area contributed by atoms with Gasteiger partial charge in [0.25, 0.3) is 0 Å². The Labute approximate surface area is 341 Å². The second kappa shape index (κ2) is 12.8. The number of rotatable bonds is 5. The maximum absolute atomic E-state index is 9.25. The first kappa shape index (κ1) is 26.8. The van der Waals surface area contributed by atoms with Crippen LogP contribution in [-0.4, -0.2) is 19.5 Å². The van der Waals surface area contributed by atoms with Gasteiger partial charge in [-0.05, 0) is 70.0 Å². The molecule has 0 aliphatic carbocycles. The molecule has 0 spiro atoms. The molecule has 12 rings (SSSR count). The van der Waals surface area contributed by atoms with Crippen LogP contribution in [0.3, 0.4) is 0 Å². The number of fused-ring (bicyclic) bond motifs is 8. The average Bonchev–Trinajstić information content (AvgIpc) is 3.90. The second-order valence-electron chi connectivity index (χ2n) is 14.3. The molecule has 12 aromatic rings. The van der Waals surface area contributed by atoms with Crippen LogP contribution in [0.1, 0.15) is 8.22 Å². The molecule has 0 saturated heterocycles. The summed E-state index contributed by atoms with van der Waals surface area (Å²) in [4.78, 5) is 15.4. The van der Waals surface area contributed by atoms with Gasteiger partial charge in [-0.1, -0.05) is 145 Å². The molecule has 0 atom stereocenters. The van der Waals surface area contributed by atoms with E-state index in [0.29, 0.717) is 51.0 Å². The van der Waals surface area contributed by atoms with Gasteiger partial charge in [-0.2, -0.15) is 0 Å². The molecular formula is C53H32N4O. The minimum Gasteiger partial charge on any atom is -0.455 e. The van der Waals surface area contributed by atoms with Crippen molar-refractivity contribution in [2.75, 3.05) is 0 Å². The predicted molar refractivity (Wildman–Crippen MR) is 238 cm³/mol. The lowest BCUT2D eigenvalue weighted by Crippen LogP contribution is -2.02. The molecule has 5 nitrogen and oxygen atoms in total. The Balaban J connectivity index is 1.17. The number of furan rings is 1. The fraction of sp³-hybridized carbons (Fsp3) is 0. The number of hydrogen-bond donors (Lipinski definition) is 0. The highest BCUT2D eigenvalue weighted by Crippen LogP contribution is 2.42. The Morgan fingerprint density at radius 1 is 0.414 bits per heavy atom. The molecule has 9 aromatic carbocycles. The molecule has 0 fully saturated rings. The third-order valence-electron chi connectivity index (χ3n) is 11.0. The van der Waals surface area contributed by atoms with Crippen LogP contribution in [0.25, 0.3) is 116 Å². The third kappa shape index (κ3) is 5.14. The summed E-state index contributed by atoms with van der Waals surface area (Å²) in [7, 11) is 0. The van der Waals surface area contributed by atoms with Gasteiger partial charge in [0.15, 0.2) is 17.5 Å². The van der Waals surface area contributed by atoms with Gasteiger partial charge >= 0.3 is 0 Å². The molecule has 0 amide bonds. The maximum atomic E-state index is 9.25. The van der Waals surface area contributed by atoms with Gasteiger partial charge in [0.1, 0.15) is 11.2 Å². The molecule has 0 N–H and O–H groups in total. The summed E-state index contributed by atoms with van der Waals surface area (Å²) in [6.07, 6.45) is 0. The molecule has 0 bridgehead atoms. The van der Waals surface area contributed by atoms with Crippen LogP contribution >= 0.6 is 0 Å². The molecule has 0 unspecified atom stereocenters. The van der Waals surface area contributed by atoms with Crippen molar-refractivity contribution in [2.45, 2.75) is 0 Å². The number of para-hydroxylation sites is 4. The fourth-order valence-corrected chi connectivity index (χ4v) is 8.22. The molecule has 270 valence electrons. The molecule has 0 radical (unpaired) electrons. The van der Waals surface area contributed by atoms with Crippen molar-refractivity contribution < 1.29 is 12.6 Å². The molecule has 0 aliphatic rings. The number of hydrogen-bond acceptors (Lipinski definition) is 4. The molecule has 58 heavy (non-hydrogen) atoms. The average molecular weight is 747 g/mol. The topological polar surface area (TPSA) is 56.7 Å². The SMILES string of the molecule is [2H]c1cc([2H])c2c(c1[2H])c1c([2H])c([2H])cc([2H])c1n2-c1ccc(-c2nc(-c3ccc4ccccc4c3)nc(-c3ccc4ccccc4c3)n2)cc1-c1cccc2c1oc1ccccc12. The van der Waals surface area contributed by atoms with Crippen molar-refractivity contribution in [1.29, 1.82) is 0 Å². The van der Waals surface area contributed by atoms with Crippen LogP contribution in [0.5, 0.6) is 0 Å². The number of nitrogens with zero attached hydrogens (tertiary/aromatic N) is 4. The Morgan fingerprint density at radius 2 is 0.948 bits per heavy atom. The van der Waals surface area contributed by atoms with E-state index in [0.717, 1.165) is 43.4 Å². The van der Waals surface area contributed by atoms with E-state index in [1.807, 2.05) is 97.1 Å². The fourth-order valence-electron chi connectivity index (χ4n) is 8.22. The Bertz CT molecular complexity index is 3780. The Morgan fingerprint density at radius 3 is 1.59 bits per heavy atom. The van der Waals surface area contributed by atoms with Crippen LogP contribution in [0, 0.1) is 0 Å². The van der Waals surface area contributed by atoms with Gasteiger partial charge in [-0.25, -0.2) is 15.0 Å². The minimum atomic E-state index is -0.182. The van der Waals surface area contributed by atoms with Gasteiger partial charge < -0.3 is 8.98 Å². The van der Waals surface area contributed by atoms with Gasteiger partial charge in [0.2, 0.25) is 0 Å². The summed E-state index contributed by atoms with van der Waals surface area (Å²) in [5.41, 5.74) is 6.03. The van der Waals surface area contributed by atoms with Crippen molar-refractivity contribution in [3.8, 4) is 51.0 Å². The molecule has 0 saturated carbocycles. The standard InChI is InChI=1S/C53H32N4O/c1-3-14-35-30-37(26-24-33(35)12-1)51-54-52(38-27-25-34-13-2-4-15-36(34)31-38)56-53(55-51)39-28-29-48(57-46-21-8-5-16-40(46)41-17-6-9-22-47(41)57)45(32-39)44-20-11-19-43-42-18-7-10-23-49(42)58-50(43)44/h1-32H/i5D,6D,16D,17D,21D,22D. The molecule has 3 heterocycles. The second-order valence-corrected chi connectivity index (χ2v) is 14.3. The zero-order valence-electron chi connectivity index (χ0n) is 36.7. The van der Waals surface area contributed by atoms with E-state index in [1.54, 1.807) is 4.57 Å². The first-order valence-electron chi connectivity index (χ1n) is 22.0. The summed E-state index contributed by atoms with van der Waals surface area (Å²) in [6.45, 7) is 0. The van der Waals surface area contributed by atoms with E-state index in [1.165, 1.54) is 12.1 Å². The first-order valence-corrected chi connectivity index (χ1v) is 19.0. The van der Waals surface area contributed by atoms with E-state index in [2.05, 4.69) is 48.5 Å². The summed E-state index contributed by atoms with van der Waals surface area (Å²) in [6, 6.07) is 50.0. The van der Waals surface area contributed by atoms with Gasteiger partial charge in [-0.3, -0.25) is 0 Å². The van der Waals surface area contributed by atoms with Crippen LogP contribution in [0.2, 0.25) is 0 Å². The normalized spacial score (nSPS) is 13.2. The summed E-state index contributed by atoms with van der Waals surface area (Å²) in [5, 5.41) is 6.48. The van der Waals surface area contributed by atoms with Gasteiger partial charge in [-0.15, -0.1) is 0 Å². The van der Waals surface area contributed by atoms with E-state index in [4.69, 9.17) is 24.9 Å². The number of aromatic nitrogens is 4. The molecule has 3 aromatic heterocycles. The van der Waals surface area contributed by atoms with Crippen molar-refractivity contribution in [3.05, 3.63) is 194 Å². The van der Waals surface area contributed by atoms with Crippen molar-refractivity contribution >= 4 is 65.3 Å². The van der Waals surface area contributed by atoms with Crippen LogP contribution < -0.4 is 0 Å². The van der Waals surface area contributed by atoms with Gasteiger partial charge in [0, 0.05) is 49.4 Å². The van der Waals surface area contributed by atoms with E-state index in [-0.39, 0.29) is 58.1 Å². The third-order valence-corrected chi connectivity index (χ3v) is 11.0. The largest absolute Gasteiger partial charge is 0.455 e. The zero-order valence-corrected chi connectivity index (χ0v) is 30.7. The molecule has 5 heteroatoms.